The van der Waals surface area contributed by atoms with Crippen molar-refractivity contribution < 1.29 is 64.3 Å². The number of nitrogens with zero attached hydrogens (tertiary/aromatic N) is 2. The summed E-state index contributed by atoms with van der Waals surface area (Å²) < 4.78 is 36.2. The Morgan fingerprint density at radius 3 is 2.50 bits per heavy atom. The summed E-state index contributed by atoms with van der Waals surface area (Å²) in [6.45, 7) is -3.44. The van der Waals surface area contributed by atoms with Gasteiger partial charge < -0.3 is 17.5 Å². The molecule has 0 radical (unpaired) electrons. The fourth-order valence-corrected chi connectivity index (χ4v) is 0.877. The maximum Gasteiger partial charge on any atom is 1.00 e. The van der Waals surface area contributed by atoms with Gasteiger partial charge in [-0.15, -0.1) is 0 Å². The summed E-state index contributed by atoms with van der Waals surface area (Å²) in [4.78, 5) is 14.5. The zero-order valence-electron chi connectivity index (χ0n) is 7.88. The monoisotopic (exact) mass is 230 g/mol. The van der Waals surface area contributed by atoms with Gasteiger partial charge in [-0.05, 0) is 13.4 Å². The van der Waals surface area contributed by atoms with E-state index in [1.54, 1.807) is 6.92 Å². The molecule has 1 heterocycles. The van der Waals surface area contributed by atoms with Crippen LogP contribution in [-0.4, -0.2) is 16.5 Å². The van der Waals surface area contributed by atoms with Crippen LogP contribution in [-0.2, 0) is 6.44 Å². The van der Waals surface area contributed by atoms with Crippen LogP contribution in [0.15, 0.2) is 17.2 Å². The Morgan fingerprint density at radius 2 is 2.07 bits per heavy atom. The van der Waals surface area contributed by atoms with Crippen LogP contribution in [0.25, 0.3) is 0 Å². The summed E-state index contributed by atoms with van der Waals surface area (Å²) in [7, 11) is 0. The third-order valence-electron chi connectivity index (χ3n) is 1.42. The quantitative estimate of drug-likeness (QED) is 0.548. The van der Waals surface area contributed by atoms with Gasteiger partial charge in [0.05, 0.1) is 6.33 Å². The van der Waals surface area contributed by atoms with Gasteiger partial charge in [0.2, 0.25) is 0 Å². The zero-order valence-corrected chi connectivity index (χ0v) is 11.0. The molecule has 1 aromatic rings. The van der Waals surface area contributed by atoms with E-state index in [9.17, 15) is 17.7 Å². The average molecular weight is 230 g/mol. The molecular weight excluding hydrogens is 223 g/mol. The van der Waals surface area contributed by atoms with Crippen LogP contribution < -0.4 is 56.9 Å². The van der Waals surface area contributed by atoms with Crippen LogP contribution in [0.3, 0.4) is 0 Å². The Bertz CT molecular complexity index is 365. The molecule has 1 aromatic heterocycles. The molecule has 1 rings (SSSR count). The molecular formula is C6H7BF3KN2O. The molecule has 0 spiro atoms. The van der Waals surface area contributed by atoms with E-state index in [1.807, 2.05) is 0 Å². The van der Waals surface area contributed by atoms with Crippen molar-refractivity contribution in [2.24, 2.45) is 0 Å². The minimum Gasteiger partial charge on any atom is -0.448 e. The summed E-state index contributed by atoms with van der Waals surface area (Å²) in [5.74, 6) is 0. The fourth-order valence-electron chi connectivity index (χ4n) is 0.877. The first kappa shape index (κ1) is 14.4. The molecule has 0 bridgehead atoms. The molecule has 0 N–H and O–H groups in total. The first-order valence-corrected chi connectivity index (χ1v) is 3.62. The summed E-state index contributed by atoms with van der Waals surface area (Å²) in [5, 5.41) is 0. The molecule has 0 atom stereocenters. The summed E-state index contributed by atoms with van der Waals surface area (Å²) in [6.07, 6.45) is -0.320. The molecule has 8 heteroatoms. The van der Waals surface area contributed by atoms with Crippen LogP contribution in [0, 0.1) is 6.92 Å². The molecule has 0 aliphatic rings. The second-order valence-electron chi connectivity index (χ2n) is 2.73. The molecule has 0 fully saturated rings. The van der Waals surface area contributed by atoms with E-state index in [2.05, 4.69) is 4.98 Å². The van der Waals surface area contributed by atoms with Crippen molar-refractivity contribution in [2.75, 3.05) is 0 Å². The predicted molar refractivity (Wildman–Crippen MR) is 42.3 cm³/mol. The molecule has 0 aliphatic heterocycles. The van der Waals surface area contributed by atoms with E-state index >= 15 is 0 Å². The fraction of sp³-hybridized carbons (Fsp3) is 0.333. The first-order valence-electron chi connectivity index (χ1n) is 3.62. The van der Waals surface area contributed by atoms with Gasteiger partial charge in [-0.3, -0.25) is 4.79 Å². The van der Waals surface area contributed by atoms with Crippen LogP contribution in [0.1, 0.15) is 5.69 Å². The predicted octanol–water partition coefficient (Wildman–Crippen LogP) is -2.06. The molecule has 0 saturated carbocycles. The maximum atomic E-state index is 11.9. The summed E-state index contributed by atoms with van der Waals surface area (Å²) in [5.41, 5.74) is -0.261. The Kier molecular flexibility index (Phi) is 5.60. The summed E-state index contributed by atoms with van der Waals surface area (Å²) in [6, 6.07) is 1.07. The van der Waals surface area contributed by atoms with Crippen LogP contribution in [0.4, 0.5) is 12.9 Å². The smallest absolute Gasteiger partial charge is 0.448 e. The third kappa shape index (κ3) is 4.74. The number of rotatable bonds is 2. The van der Waals surface area contributed by atoms with Crippen molar-refractivity contribution in [1.29, 1.82) is 0 Å². The molecule has 0 saturated heterocycles. The number of hydrogen-bond donors (Lipinski definition) is 0. The van der Waals surface area contributed by atoms with E-state index in [1.165, 1.54) is 0 Å². The largest absolute Gasteiger partial charge is 1.00 e. The van der Waals surface area contributed by atoms with Gasteiger partial charge >= 0.3 is 58.4 Å². The van der Waals surface area contributed by atoms with E-state index in [0.717, 1.165) is 12.4 Å². The van der Waals surface area contributed by atoms with E-state index in [0.29, 0.717) is 10.3 Å². The van der Waals surface area contributed by atoms with Crippen molar-refractivity contribution in [3.8, 4) is 0 Å². The Hall–Kier alpha value is 0.371. The zero-order chi connectivity index (χ0) is 10.1. The second-order valence-corrected chi connectivity index (χ2v) is 2.73. The van der Waals surface area contributed by atoms with Gasteiger partial charge in [0, 0.05) is 11.8 Å². The molecule has 14 heavy (non-hydrogen) atoms. The first-order chi connectivity index (χ1) is 5.88. The van der Waals surface area contributed by atoms with Crippen molar-refractivity contribution in [2.45, 2.75) is 13.4 Å². The maximum absolute atomic E-state index is 11.9. The Labute approximate surface area is 121 Å². The minimum atomic E-state index is -4.99. The molecule has 0 unspecified atom stereocenters. The van der Waals surface area contributed by atoms with Gasteiger partial charge in [-0.1, -0.05) is 0 Å². The SMILES string of the molecule is Cc1cc(=O)n(C[B-](F)(F)F)cn1.[K+]. The average Bonchev–Trinajstić information content (AvgIpc) is 1.93. The number of hydrogen-bond acceptors (Lipinski definition) is 2. The Balaban J connectivity index is 0.00000169. The van der Waals surface area contributed by atoms with Gasteiger partial charge in [0.15, 0.2) is 0 Å². The number of halogens is 3. The molecule has 0 aromatic carbocycles. The van der Waals surface area contributed by atoms with Crippen molar-refractivity contribution in [3.63, 3.8) is 0 Å². The van der Waals surface area contributed by atoms with Gasteiger partial charge in [-0.25, -0.2) is 4.98 Å². The van der Waals surface area contributed by atoms with Gasteiger partial charge in [0.25, 0.3) is 5.56 Å². The Morgan fingerprint density at radius 1 is 1.50 bits per heavy atom. The van der Waals surface area contributed by atoms with E-state index in [-0.39, 0.29) is 51.4 Å². The van der Waals surface area contributed by atoms with Gasteiger partial charge in [0.1, 0.15) is 0 Å². The third-order valence-corrected chi connectivity index (χ3v) is 1.42. The normalized spacial score (nSPS) is 10.9. The van der Waals surface area contributed by atoms with Crippen molar-refractivity contribution >= 4 is 6.98 Å². The molecule has 72 valence electrons. The molecule has 3 nitrogen and oxygen atoms in total. The topological polar surface area (TPSA) is 34.9 Å². The summed E-state index contributed by atoms with van der Waals surface area (Å²) >= 11 is 0. The number of aryl methyl sites for hydroxylation is 1. The van der Waals surface area contributed by atoms with Crippen LogP contribution in [0.5, 0.6) is 0 Å². The molecule has 0 aliphatic carbocycles. The number of aromatic nitrogens is 2. The van der Waals surface area contributed by atoms with E-state index < -0.39 is 19.0 Å². The van der Waals surface area contributed by atoms with Gasteiger partial charge in [-0.2, -0.15) is 0 Å². The standard InChI is InChI=1S/C6H7BF3N2O.K/c1-5-2-6(13)12(4-11-5)3-7(8,9)10;/h2,4H,3H2,1H3;/q-1;+1. The van der Waals surface area contributed by atoms with Crippen molar-refractivity contribution in [3.05, 3.63) is 28.4 Å². The van der Waals surface area contributed by atoms with E-state index in [4.69, 9.17) is 0 Å². The van der Waals surface area contributed by atoms with Crippen LogP contribution >= 0.6 is 0 Å². The second kappa shape index (κ2) is 5.45. The van der Waals surface area contributed by atoms with Crippen LogP contribution in [0.2, 0.25) is 0 Å². The molecule has 0 amide bonds. The van der Waals surface area contributed by atoms with Crippen molar-refractivity contribution in [1.82, 2.24) is 9.55 Å². The minimum absolute atomic E-state index is 0.